The van der Waals surface area contributed by atoms with Gasteiger partial charge in [-0.3, -0.25) is 0 Å². The van der Waals surface area contributed by atoms with Gasteiger partial charge in [0.05, 0.1) is 0 Å². The van der Waals surface area contributed by atoms with Crippen molar-refractivity contribution in [3.05, 3.63) is 69.4 Å². The monoisotopic (exact) mass is 259 g/mol. The number of nitrogens with zero attached hydrogens (tertiary/aromatic N) is 1. The molecule has 92 valence electrons. The number of hydrogen-bond acceptors (Lipinski definition) is 1. The SMILES string of the molecule is Cc1ccc([N+]([O-])=Cc2ccc(Cl)cc2C)cc1. The molecule has 0 aliphatic rings. The van der Waals surface area contributed by atoms with E-state index in [1.807, 2.05) is 50.2 Å². The summed E-state index contributed by atoms with van der Waals surface area (Å²) in [7, 11) is 0. The molecule has 0 amide bonds. The Morgan fingerprint density at radius 2 is 1.72 bits per heavy atom. The number of halogens is 1. The largest absolute Gasteiger partial charge is 0.618 e. The van der Waals surface area contributed by atoms with Gasteiger partial charge in [0.15, 0.2) is 6.21 Å². The minimum absolute atomic E-state index is 0.620. The first-order chi connectivity index (χ1) is 8.56. The molecule has 0 radical (unpaired) electrons. The van der Waals surface area contributed by atoms with E-state index in [9.17, 15) is 5.21 Å². The van der Waals surface area contributed by atoms with Gasteiger partial charge in [0.2, 0.25) is 5.69 Å². The maximum Gasteiger partial charge on any atom is 0.216 e. The first-order valence-electron chi connectivity index (χ1n) is 5.70. The van der Waals surface area contributed by atoms with Crippen LogP contribution in [0.3, 0.4) is 0 Å². The normalized spacial score (nSPS) is 11.6. The smallest absolute Gasteiger partial charge is 0.216 e. The zero-order chi connectivity index (χ0) is 13.1. The van der Waals surface area contributed by atoms with Crippen LogP contribution in [0.4, 0.5) is 5.69 Å². The second kappa shape index (κ2) is 5.23. The topological polar surface area (TPSA) is 26.1 Å². The van der Waals surface area contributed by atoms with Crippen LogP contribution in [0.5, 0.6) is 0 Å². The van der Waals surface area contributed by atoms with Crippen LogP contribution in [0.2, 0.25) is 5.02 Å². The van der Waals surface area contributed by atoms with E-state index in [0.29, 0.717) is 10.7 Å². The predicted octanol–water partition coefficient (Wildman–Crippen LogP) is 4.22. The molecule has 3 heteroatoms. The summed E-state index contributed by atoms with van der Waals surface area (Å²) in [5, 5.41) is 12.7. The third-order valence-corrected chi connectivity index (χ3v) is 3.01. The van der Waals surface area contributed by atoms with Crippen molar-refractivity contribution in [2.24, 2.45) is 0 Å². The third-order valence-electron chi connectivity index (χ3n) is 2.78. The van der Waals surface area contributed by atoms with E-state index in [2.05, 4.69) is 0 Å². The Balaban J connectivity index is 2.35. The molecule has 0 aliphatic carbocycles. The maximum atomic E-state index is 12.0. The molecule has 18 heavy (non-hydrogen) atoms. The summed E-state index contributed by atoms with van der Waals surface area (Å²) in [5.41, 5.74) is 3.61. The first-order valence-corrected chi connectivity index (χ1v) is 6.08. The van der Waals surface area contributed by atoms with Gasteiger partial charge in [0.25, 0.3) is 0 Å². The van der Waals surface area contributed by atoms with Crippen molar-refractivity contribution in [2.45, 2.75) is 13.8 Å². The molecular weight excluding hydrogens is 246 g/mol. The molecule has 2 nitrogen and oxygen atoms in total. The summed E-state index contributed by atoms with van der Waals surface area (Å²) in [5.74, 6) is 0. The van der Waals surface area contributed by atoms with Crippen molar-refractivity contribution in [2.75, 3.05) is 0 Å². The van der Waals surface area contributed by atoms with Crippen LogP contribution in [-0.4, -0.2) is 11.0 Å². The third kappa shape index (κ3) is 2.90. The van der Waals surface area contributed by atoms with E-state index in [4.69, 9.17) is 11.6 Å². The molecule has 0 unspecified atom stereocenters. The molecule has 2 aromatic rings. The highest BCUT2D eigenvalue weighted by molar-refractivity contribution is 6.30. The summed E-state index contributed by atoms with van der Waals surface area (Å²) in [6.07, 6.45) is 1.57. The van der Waals surface area contributed by atoms with E-state index in [1.54, 1.807) is 12.3 Å². The molecule has 0 N–H and O–H groups in total. The molecule has 0 heterocycles. The zero-order valence-corrected chi connectivity index (χ0v) is 11.1. The molecule has 0 aliphatic heterocycles. The van der Waals surface area contributed by atoms with E-state index < -0.39 is 0 Å². The van der Waals surface area contributed by atoms with Crippen LogP contribution in [0.1, 0.15) is 16.7 Å². The van der Waals surface area contributed by atoms with E-state index in [-0.39, 0.29) is 0 Å². The van der Waals surface area contributed by atoms with Crippen LogP contribution in [-0.2, 0) is 0 Å². The van der Waals surface area contributed by atoms with E-state index in [0.717, 1.165) is 21.4 Å². The highest BCUT2D eigenvalue weighted by atomic mass is 35.5. The lowest BCUT2D eigenvalue weighted by Crippen LogP contribution is -2.00. The van der Waals surface area contributed by atoms with Gasteiger partial charge >= 0.3 is 0 Å². The van der Waals surface area contributed by atoms with Gasteiger partial charge in [0.1, 0.15) is 0 Å². The molecule has 0 saturated heterocycles. The highest BCUT2D eigenvalue weighted by Gasteiger charge is 2.04. The van der Waals surface area contributed by atoms with Crippen LogP contribution in [0, 0.1) is 19.1 Å². The van der Waals surface area contributed by atoms with Crippen LogP contribution in [0.15, 0.2) is 42.5 Å². The zero-order valence-electron chi connectivity index (χ0n) is 10.4. The Hall–Kier alpha value is -1.80. The quantitative estimate of drug-likeness (QED) is 0.343. The van der Waals surface area contributed by atoms with Gasteiger partial charge in [-0.1, -0.05) is 29.3 Å². The molecule has 0 saturated carbocycles. The maximum absolute atomic E-state index is 12.0. The van der Waals surface area contributed by atoms with Gasteiger partial charge in [-0.2, -0.15) is 4.74 Å². The minimum Gasteiger partial charge on any atom is -0.618 e. The molecule has 2 rings (SSSR count). The number of benzene rings is 2. The molecule has 2 aromatic carbocycles. The number of rotatable bonds is 2. The summed E-state index contributed by atoms with van der Waals surface area (Å²) in [6, 6.07) is 12.9. The summed E-state index contributed by atoms with van der Waals surface area (Å²) < 4.78 is 0.871. The van der Waals surface area contributed by atoms with Crippen molar-refractivity contribution >= 4 is 23.5 Å². The average molecular weight is 260 g/mol. The molecule has 0 bridgehead atoms. The van der Waals surface area contributed by atoms with Gasteiger partial charge in [-0.15, -0.1) is 0 Å². The fourth-order valence-electron chi connectivity index (χ4n) is 1.68. The van der Waals surface area contributed by atoms with Gasteiger partial charge < -0.3 is 5.21 Å². The molecule has 0 aromatic heterocycles. The number of aryl methyl sites for hydroxylation is 2. The highest BCUT2D eigenvalue weighted by Crippen LogP contribution is 2.16. The molecule has 0 atom stereocenters. The van der Waals surface area contributed by atoms with Crippen LogP contribution < -0.4 is 0 Å². The second-order valence-corrected chi connectivity index (χ2v) is 4.73. The Kier molecular flexibility index (Phi) is 3.68. The molecule has 0 fully saturated rings. The number of hydrogen-bond donors (Lipinski definition) is 0. The molecule has 0 spiro atoms. The summed E-state index contributed by atoms with van der Waals surface area (Å²) >= 11 is 5.88. The van der Waals surface area contributed by atoms with Gasteiger partial charge in [0, 0.05) is 22.7 Å². The standard InChI is InChI=1S/C15H14ClNO/c1-11-3-7-15(8-4-11)17(18)10-13-5-6-14(16)9-12(13)2/h3-10H,1-2H3. The lowest BCUT2D eigenvalue weighted by Gasteiger charge is -2.05. The predicted molar refractivity (Wildman–Crippen MR) is 75.8 cm³/mol. The van der Waals surface area contributed by atoms with Crippen molar-refractivity contribution in [1.29, 1.82) is 0 Å². The van der Waals surface area contributed by atoms with Gasteiger partial charge in [-0.25, -0.2) is 0 Å². The fourth-order valence-corrected chi connectivity index (χ4v) is 1.90. The van der Waals surface area contributed by atoms with Crippen molar-refractivity contribution in [3.8, 4) is 0 Å². The van der Waals surface area contributed by atoms with Crippen LogP contribution in [0.25, 0.3) is 0 Å². The Bertz CT molecular complexity index is 588. The Labute approximate surface area is 112 Å². The summed E-state index contributed by atoms with van der Waals surface area (Å²) in [6.45, 7) is 3.92. The van der Waals surface area contributed by atoms with Crippen molar-refractivity contribution < 1.29 is 4.74 Å². The molecular formula is C15H14ClNO. The van der Waals surface area contributed by atoms with Crippen molar-refractivity contribution in [3.63, 3.8) is 0 Å². The lowest BCUT2D eigenvalue weighted by molar-refractivity contribution is -0.354. The Morgan fingerprint density at radius 3 is 2.33 bits per heavy atom. The van der Waals surface area contributed by atoms with Gasteiger partial charge in [-0.05, 0) is 37.6 Å². The average Bonchev–Trinajstić information content (AvgIpc) is 2.33. The minimum atomic E-state index is 0.620. The first kappa shape index (κ1) is 12.7. The van der Waals surface area contributed by atoms with E-state index in [1.165, 1.54) is 0 Å². The lowest BCUT2D eigenvalue weighted by atomic mass is 10.1. The Morgan fingerprint density at radius 1 is 1.06 bits per heavy atom. The van der Waals surface area contributed by atoms with Crippen molar-refractivity contribution in [1.82, 2.24) is 0 Å². The van der Waals surface area contributed by atoms with Crippen LogP contribution >= 0.6 is 11.6 Å². The second-order valence-electron chi connectivity index (χ2n) is 4.29. The van der Waals surface area contributed by atoms with E-state index >= 15 is 0 Å². The summed E-state index contributed by atoms with van der Waals surface area (Å²) in [4.78, 5) is 0. The fraction of sp³-hybridized carbons (Fsp3) is 0.133.